The molecule has 0 spiro atoms. The molecule has 0 fully saturated rings. The molecule has 3 aromatic rings. The Bertz CT molecular complexity index is 1070. The van der Waals surface area contributed by atoms with Gasteiger partial charge < -0.3 is 19.9 Å². The number of hydrogen-bond acceptors (Lipinski definition) is 3. The van der Waals surface area contributed by atoms with Gasteiger partial charge in [-0.3, -0.25) is 4.79 Å². The number of nitrogens with one attached hydrogen (secondary N) is 2. The molecule has 0 saturated heterocycles. The van der Waals surface area contributed by atoms with Crippen LogP contribution in [0.2, 0.25) is 0 Å². The van der Waals surface area contributed by atoms with Crippen molar-refractivity contribution < 1.29 is 13.9 Å². The van der Waals surface area contributed by atoms with Crippen molar-refractivity contribution >= 4 is 22.9 Å². The van der Waals surface area contributed by atoms with Crippen molar-refractivity contribution in [2.24, 2.45) is 0 Å². The van der Waals surface area contributed by atoms with Gasteiger partial charge in [-0.1, -0.05) is 18.2 Å². The van der Waals surface area contributed by atoms with Crippen LogP contribution in [0.25, 0.3) is 17.0 Å². The summed E-state index contributed by atoms with van der Waals surface area (Å²) in [5.74, 6) is 0.395. The maximum atomic E-state index is 14.1. The Morgan fingerprint density at radius 1 is 1.16 bits per heavy atom. The number of rotatable bonds is 9. The minimum atomic E-state index is -0.254. The van der Waals surface area contributed by atoms with E-state index in [0.29, 0.717) is 25.1 Å². The van der Waals surface area contributed by atoms with Gasteiger partial charge in [0.15, 0.2) is 0 Å². The number of halogens is 1. The number of aryl methyl sites for hydroxylation is 2. The maximum Gasteiger partial charge on any atom is 0.244 e. The zero-order valence-corrected chi connectivity index (χ0v) is 18.6. The lowest BCUT2D eigenvalue weighted by Gasteiger charge is -2.10. The number of aromatic amines is 1. The Morgan fingerprint density at radius 2 is 1.90 bits per heavy atom. The largest absolute Gasteiger partial charge is 0.492 e. The van der Waals surface area contributed by atoms with E-state index < -0.39 is 0 Å². The van der Waals surface area contributed by atoms with E-state index in [0.717, 1.165) is 40.1 Å². The molecule has 0 saturated carbocycles. The summed E-state index contributed by atoms with van der Waals surface area (Å²) in [6.45, 7) is 5.87. The summed E-state index contributed by atoms with van der Waals surface area (Å²) in [6, 6.07) is 10.9. The quantitative estimate of drug-likeness (QED) is 0.506. The van der Waals surface area contributed by atoms with E-state index in [1.54, 1.807) is 12.1 Å². The second kappa shape index (κ2) is 10.3. The maximum absolute atomic E-state index is 14.1. The minimum Gasteiger partial charge on any atom is -0.492 e. The van der Waals surface area contributed by atoms with Crippen molar-refractivity contribution in [3.05, 3.63) is 70.7 Å². The molecule has 0 unspecified atom stereocenters. The number of likely N-dealkylation sites (N-methyl/N-ethyl adjacent to an activating group) is 1. The molecule has 2 N–H and O–H groups in total. The van der Waals surface area contributed by atoms with E-state index >= 15 is 0 Å². The first-order valence-electron chi connectivity index (χ1n) is 10.4. The Labute approximate surface area is 182 Å². The number of nitrogens with zero attached hydrogens (tertiary/aromatic N) is 1. The van der Waals surface area contributed by atoms with Crippen molar-refractivity contribution in [3.63, 3.8) is 0 Å². The number of H-pyrrole nitrogens is 1. The zero-order chi connectivity index (χ0) is 22.4. The van der Waals surface area contributed by atoms with Crippen molar-refractivity contribution in [2.75, 3.05) is 33.8 Å². The van der Waals surface area contributed by atoms with Crippen LogP contribution in [-0.2, 0) is 11.2 Å². The molecule has 1 amide bonds. The van der Waals surface area contributed by atoms with Crippen LogP contribution in [-0.4, -0.2) is 49.6 Å². The average molecular weight is 424 g/mol. The van der Waals surface area contributed by atoms with Crippen molar-refractivity contribution in [2.45, 2.75) is 20.3 Å². The molecule has 0 radical (unpaired) electrons. The molecule has 5 nitrogen and oxygen atoms in total. The van der Waals surface area contributed by atoms with Gasteiger partial charge in [0.2, 0.25) is 5.91 Å². The SMILES string of the molecule is Cc1[nH]c2c(F)ccc(C)c2c1CCNC(=O)/C=C/c1ccc(OCCN(C)C)cc1. The fourth-order valence-corrected chi connectivity index (χ4v) is 3.52. The molecule has 0 bridgehead atoms. The van der Waals surface area contributed by atoms with Gasteiger partial charge in [0.1, 0.15) is 18.2 Å². The third-order valence-corrected chi connectivity index (χ3v) is 5.22. The number of amides is 1. The Balaban J connectivity index is 1.52. The Hall–Kier alpha value is -3.12. The van der Waals surface area contributed by atoms with Crippen molar-refractivity contribution in [3.8, 4) is 5.75 Å². The first-order chi connectivity index (χ1) is 14.8. The van der Waals surface area contributed by atoms with E-state index in [-0.39, 0.29) is 11.7 Å². The summed E-state index contributed by atoms with van der Waals surface area (Å²) in [5, 5.41) is 3.82. The lowest BCUT2D eigenvalue weighted by molar-refractivity contribution is -0.116. The second-order valence-electron chi connectivity index (χ2n) is 7.94. The Kier molecular flexibility index (Phi) is 7.47. The van der Waals surface area contributed by atoms with E-state index in [4.69, 9.17) is 4.74 Å². The molecule has 0 aliphatic heterocycles. The van der Waals surface area contributed by atoms with Crippen LogP contribution in [0.4, 0.5) is 4.39 Å². The molecule has 3 rings (SSSR count). The van der Waals surface area contributed by atoms with Gasteiger partial charge in [-0.25, -0.2) is 4.39 Å². The third kappa shape index (κ3) is 5.95. The highest BCUT2D eigenvalue weighted by Crippen LogP contribution is 2.27. The summed E-state index contributed by atoms with van der Waals surface area (Å²) < 4.78 is 19.7. The number of hydrogen-bond donors (Lipinski definition) is 2. The number of aromatic nitrogens is 1. The van der Waals surface area contributed by atoms with Crippen LogP contribution in [0.1, 0.15) is 22.4 Å². The minimum absolute atomic E-state index is 0.160. The fourth-order valence-electron chi connectivity index (χ4n) is 3.52. The van der Waals surface area contributed by atoms with Crippen LogP contribution in [0.3, 0.4) is 0 Å². The van der Waals surface area contributed by atoms with Crippen LogP contribution in [0.5, 0.6) is 5.75 Å². The summed E-state index contributed by atoms with van der Waals surface area (Å²) >= 11 is 0. The highest BCUT2D eigenvalue weighted by atomic mass is 19.1. The average Bonchev–Trinajstić information content (AvgIpc) is 3.07. The van der Waals surface area contributed by atoms with Gasteiger partial charge in [0.25, 0.3) is 0 Å². The highest BCUT2D eigenvalue weighted by Gasteiger charge is 2.13. The van der Waals surface area contributed by atoms with Gasteiger partial charge in [-0.2, -0.15) is 0 Å². The van der Waals surface area contributed by atoms with E-state index in [9.17, 15) is 9.18 Å². The number of carbonyl (C=O) groups is 1. The van der Waals surface area contributed by atoms with Gasteiger partial charge in [-0.15, -0.1) is 0 Å². The molecular formula is C25H30FN3O2. The molecule has 6 heteroatoms. The molecule has 0 aliphatic rings. The van der Waals surface area contributed by atoms with Gasteiger partial charge >= 0.3 is 0 Å². The molecule has 1 heterocycles. The summed E-state index contributed by atoms with van der Waals surface area (Å²) in [4.78, 5) is 17.4. The molecular weight excluding hydrogens is 393 g/mol. The molecule has 1 aromatic heterocycles. The summed E-state index contributed by atoms with van der Waals surface area (Å²) in [6.07, 6.45) is 3.93. The zero-order valence-electron chi connectivity index (χ0n) is 18.6. The number of benzene rings is 2. The predicted octanol–water partition coefficient (Wildman–Crippen LogP) is 4.24. The van der Waals surface area contributed by atoms with Crippen LogP contribution in [0, 0.1) is 19.7 Å². The standard InChI is InChI=1S/C25H30FN3O2/c1-17-5-11-22(26)25-24(17)21(18(2)28-25)13-14-27-23(30)12-8-19-6-9-20(10-7-19)31-16-15-29(3)4/h5-12,28H,13-16H2,1-4H3,(H,27,30)/b12-8+. The van der Waals surface area contributed by atoms with Crippen LogP contribution < -0.4 is 10.1 Å². The summed E-state index contributed by atoms with van der Waals surface area (Å²) in [5.41, 5.74) is 4.46. The lowest BCUT2D eigenvalue weighted by Crippen LogP contribution is -2.23. The summed E-state index contributed by atoms with van der Waals surface area (Å²) in [7, 11) is 4.01. The Morgan fingerprint density at radius 3 is 2.61 bits per heavy atom. The second-order valence-corrected chi connectivity index (χ2v) is 7.94. The lowest BCUT2D eigenvalue weighted by atomic mass is 10.0. The molecule has 31 heavy (non-hydrogen) atoms. The molecule has 0 atom stereocenters. The van der Waals surface area contributed by atoms with Crippen LogP contribution >= 0.6 is 0 Å². The van der Waals surface area contributed by atoms with Gasteiger partial charge in [0.05, 0.1) is 5.52 Å². The fraction of sp³-hybridized carbons (Fsp3) is 0.320. The number of ether oxygens (including phenoxy) is 1. The van der Waals surface area contributed by atoms with Crippen molar-refractivity contribution in [1.29, 1.82) is 0 Å². The first-order valence-corrected chi connectivity index (χ1v) is 10.4. The number of carbonyl (C=O) groups excluding carboxylic acids is 1. The van der Waals surface area contributed by atoms with E-state index in [1.807, 2.05) is 52.2 Å². The smallest absolute Gasteiger partial charge is 0.244 e. The topological polar surface area (TPSA) is 57.4 Å². The van der Waals surface area contributed by atoms with Crippen LogP contribution in [0.15, 0.2) is 42.5 Å². The highest BCUT2D eigenvalue weighted by molar-refractivity contribution is 5.92. The van der Waals surface area contributed by atoms with Gasteiger partial charge in [-0.05, 0) is 75.3 Å². The number of fused-ring (bicyclic) bond motifs is 1. The molecule has 2 aromatic carbocycles. The molecule has 164 valence electrons. The van der Waals surface area contributed by atoms with Gasteiger partial charge in [0, 0.05) is 30.2 Å². The van der Waals surface area contributed by atoms with E-state index in [2.05, 4.69) is 15.2 Å². The van der Waals surface area contributed by atoms with Crippen molar-refractivity contribution in [1.82, 2.24) is 15.2 Å². The molecule has 0 aliphatic carbocycles. The monoisotopic (exact) mass is 423 g/mol. The third-order valence-electron chi connectivity index (χ3n) is 5.22. The normalized spacial score (nSPS) is 11.5. The first kappa shape index (κ1) is 22.6. The predicted molar refractivity (Wildman–Crippen MR) is 124 cm³/mol. The van der Waals surface area contributed by atoms with E-state index in [1.165, 1.54) is 12.1 Å².